The van der Waals surface area contributed by atoms with Crippen molar-refractivity contribution in [1.82, 2.24) is 34.7 Å². The van der Waals surface area contributed by atoms with E-state index in [1.165, 1.54) is 24.5 Å². The van der Waals surface area contributed by atoms with Crippen LogP contribution in [0.4, 0.5) is 5.95 Å². The van der Waals surface area contributed by atoms with Crippen LogP contribution in [0.5, 0.6) is 5.88 Å². The molecule has 3 rings (SSSR count). The number of ether oxygens (including phenoxy) is 1. The van der Waals surface area contributed by atoms with Gasteiger partial charge in [0, 0.05) is 45.2 Å². The molecule has 0 saturated heterocycles. The number of amidine groups is 1. The number of hydrogen-bond donors (Lipinski definition) is 1. The number of hydrazone groups is 1. The van der Waals surface area contributed by atoms with Gasteiger partial charge in [-0.3, -0.25) is 19.3 Å². The first-order valence-electron chi connectivity index (χ1n) is 11.2. The maximum Gasteiger partial charge on any atom is 0.239 e. The molecule has 15 heteroatoms. The Kier molecular flexibility index (Phi) is 8.76. The first kappa shape index (κ1) is 27.9. The lowest BCUT2D eigenvalue weighted by Gasteiger charge is -2.25. The lowest BCUT2D eigenvalue weighted by Crippen LogP contribution is -2.34. The van der Waals surface area contributed by atoms with Crippen LogP contribution in [-0.2, 0) is 10.0 Å². The minimum atomic E-state index is -3.99. The quantitative estimate of drug-likeness (QED) is 0.229. The van der Waals surface area contributed by atoms with E-state index in [0.717, 1.165) is 0 Å². The second-order valence-electron chi connectivity index (χ2n) is 8.11. The molecular formula is C22H29ClN10O3S. The monoisotopic (exact) mass is 548 g/mol. The molecule has 0 bridgehead atoms. The first-order valence-corrected chi connectivity index (χ1v) is 13.1. The van der Waals surface area contributed by atoms with Crippen LogP contribution >= 0.6 is 11.6 Å². The summed E-state index contributed by atoms with van der Waals surface area (Å²) in [5, 5.41) is 13.2. The molecule has 198 valence electrons. The zero-order chi connectivity index (χ0) is 27.3. The summed E-state index contributed by atoms with van der Waals surface area (Å²) in [5.41, 5.74) is 0.421. The summed E-state index contributed by atoms with van der Waals surface area (Å²) in [6.07, 6.45) is 2.85. The van der Waals surface area contributed by atoms with E-state index >= 15 is 0 Å². The maximum atomic E-state index is 13.5. The number of sulfonamides is 1. The fourth-order valence-electron chi connectivity index (χ4n) is 3.60. The van der Waals surface area contributed by atoms with Crippen molar-refractivity contribution in [2.45, 2.75) is 38.0 Å². The van der Waals surface area contributed by atoms with E-state index in [1.54, 1.807) is 50.7 Å². The Bertz CT molecular complexity index is 1380. The molecular weight excluding hydrogens is 520 g/mol. The molecule has 0 amide bonds. The average Bonchev–Trinajstić information content (AvgIpc) is 3.31. The Hall–Kier alpha value is -3.65. The van der Waals surface area contributed by atoms with Gasteiger partial charge in [-0.2, -0.15) is 5.10 Å². The average molecular weight is 549 g/mol. The number of methoxy groups -OCH3 is 1. The van der Waals surface area contributed by atoms with Crippen molar-refractivity contribution in [3.63, 3.8) is 0 Å². The molecule has 3 atom stereocenters. The third kappa shape index (κ3) is 6.02. The van der Waals surface area contributed by atoms with Gasteiger partial charge >= 0.3 is 0 Å². The van der Waals surface area contributed by atoms with Gasteiger partial charge in [-0.25, -0.2) is 23.4 Å². The smallest absolute Gasteiger partial charge is 0.239 e. The summed E-state index contributed by atoms with van der Waals surface area (Å²) >= 11 is 5.87. The van der Waals surface area contributed by atoms with Crippen LogP contribution in [0, 0.1) is 0 Å². The van der Waals surface area contributed by atoms with E-state index in [-0.39, 0.29) is 5.95 Å². The Morgan fingerprint density at radius 2 is 1.89 bits per heavy atom. The van der Waals surface area contributed by atoms with Crippen LogP contribution in [0.2, 0.25) is 5.02 Å². The van der Waals surface area contributed by atoms with E-state index in [4.69, 9.17) is 16.3 Å². The number of aromatic nitrogens is 6. The van der Waals surface area contributed by atoms with Gasteiger partial charge in [-0.05, 0) is 19.9 Å². The molecule has 3 aromatic heterocycles. The summed E-state index contributed by atoms with van der Waals surface area (Å²) in [6, 6.07) is 4.59. The predicted octanol–water partition coefficient (Wildman–Crippen LogP) is 2.86. The van der Waals surface area contributed by atoms with Crippen molar-refractivity contribution in [2.75, 3.05) is 25.9 Å². The van der Waals surface area contributed by atoms with Gasteiger partial charge in [0.15, 0.2) is 5.82 Å². The summed E-state index contributed by atoms with van der Waals surface area (Å²) in [6.45, 7) is 8.64. The zero-order valence-corrected chi connectivity index (χ0v) is 22.9. The summed E-state index contributed by atoms with van der Waals surface area (Å²) in [7, 11) is 0.789. The van der Waals surface area contributed by atoms with Gasteiger partial charge in [-0.1, -0.05) is 24.6 Å². The molecule has 0 fully saturated rings. The Morgan fingerprint density at radius 3 is 2.49 bits per heavy atom. The van der Waals surface area contributed by atoms with E-state index in [9.17, 15) is 8.42 Å². The van der Waals surface area contributed by atoms with E-state index in [1.807, 2.05) is 6.92 Å². The van der Waals surface area contributed by atoms with Gasteiger partial charge in [0.25, 0.3) is 0 Å². The Labute approximate surface area is 220 Å². The summed E-state index contributed by atoms with van der Waals surface area (Å²) in [5.74, 6) is 0.910. The number of anilines is 1. The zero-order valence-electron chi connectivity index (χ0n) is 21.4. The third-order valence-corrected chi connectivity index (χ3v) is 7.92. The van der Waals surface area contributed by atoms with E-state index < -0.39 is 27.2 Å². The fourth-order valence-corrected chi connectivity index (χ4v) is 4.94. The van der Waals surface area contributed by atoms with Crippen LogP contribution in [0.1, 0.15) is 38.6 Å². The molecule has 0 radical (unpaired) electrons. The molecule has 0 aromatic carbocycles. The topological polar surface area (TPSA) is 153 Å². The number of likely N-dealkylation sites (N-methyl/N-ethyl adjacent to an activating group) is 1. The highest BCUT2D eigenvalue weighted by Crippen LogP contribution is 2.29. The number of nitrogens with one attached hydrogen (secondary N) is 1. The van der Waals surface area contributed by atoms with Gasteiger partial charge in [0.05, 0.1) is 23.4 Å². The molecule has 0 aliphatic carbocycles. The molecule has 0 aliphatic heterocycles. The standard InChI is InChI=1S/C22H29ClN10O3S/c1-13(19-26-11-16(23)12-27-19)15(3)37(34,35)31-22-30-29-21(17-9-8-10-18(28-17)36-7)33(22)14(2)20(24-4)32(6)25-5/h8-15H,5H2,1-4,6-7H3,(H,30,31)/t13-,14+,15-/m0/s1. The van der Waals surface area contributed by atoms with E-state index in [2.05, 4.69) is 46.7 Å². The number of rotatable bonds is 10. The third-order valence-electron chi connectivity index (χ3n) is 5.87. The highest BCUT2D eigenvalue weighted by molar-refractivity contribution is 7.93. The molecule has 0 spiro atoms. The van der Waals surface area contributed by atoms with Crippen molar-refractivity contribution in [2.24, 2.45) is 10.1 Å². The Morgan fingerprint density at radius 1 is 1.22 bits per heavy atom. The molecule has 1 N–H and O–H groups in total. The molecule has 0 saturated carbocycles. The van der Waals surface area contributed by atoms with Crippen molar-refractivity contribution in [3.05, 3.63) is 41.4 Å². The molecule has 3 aromatic rings. The summed E-state index contributed by atoms with van der Waals surface area (Å²) < 4.78 is 36.3. The second-order valence-corrected chi connectivity index (χ2v) is 10.6. The normalized spacial score (nSPS) is 14.5. The largest absolute Gasteiger partial charge is 0.481 e. The lowest BCUT2D eigenvalue weighted by molar-refractivity contribution is 0.398. The number of aliphatic imine (C=N–C) groups is 1. The Balaban J connectivity index is 2.07. The van der Waals surface area contributed by atoms with Crippen LogP contribution < -0.4 is 9.46 Å². The molecule has 3 heterocycles. The van der Waals surface area contributed by atoms with Gasteiger partial charge in [-0.15, -0.1) is 10.2 Å². The van der Waals surface area contributed by atoms with Crippen LogP contribution in [0.3, 0.4) is 0 Å². The molecule has 13 nitrogen and oxygen atoms in total. The second kappa shape index (κ2) is 11.6. The number of nitrogens with zero attached hydrogens (tertiary/aromatic N) is 9. The van der Waals surface area contributed by atoms with Crippen LogP contribution in [0.15, 0.2) is 40.7 Å². The SMILES string of the molecule is C=NN(C)C(=NC)[C@@H](C)n1c(NS(=O)(=O)[C@@H](C)[C@H](C)c2ncc(Cl)cn2)nnc1-c1cccc(OC)n1. The van der Waals surface area contributed by atoms with Crippen molar-refractivity contribution >= 4 is 40.1 Å². The molecule has 0 aliphatic rings. The number of hydrogen-bond acceptors (Lipinski definition) is 10. The van der Waals surface area contributed by atoms with E-state index in [0.29, 0.717) is 34.1 Å². The first-order chi connectivity index (χ1) is 17.5. The number of halogens is 1. The van der Waals surface area contributed by atoms with Gasteiger partial charge in [0.2, 0.25) is 21.9 Å². The minimum Gasteiger partial charge on any atom is -0.481 e. The highest BCUT2D eigenvalue weighted by atomic mass is 35.5. The van der Waals surface area contributed by atoms with Gasteiger partial charge in [0.1, 0.15) is 17.4 Å². The fraction of sp³-hybridized carbons (Fsp3) is 0.409. The molecule has 37 heavy (non-hydrogen) atoms. The van der Waals surface area contributed by atoms with Crippen LogP contribution in [0.25, 0.3) is 11.5 Å². The predicted molar refractivity (Wildman–Crippen MR) is 143 cm³/mol. The highest BCUT2D eigenvalue weighted by Gasteiger charge is 2.33. The maximum absolute atomic E-state index is 13.5. The molecule has 0 unspecified atom stereocenters. The van der Waals surface area contributed by atoms with Gasteiger partial charge < -0.3 is 4.74 Å². The van der Waals surface area contributed by atoms with Crippen molar-refractivity contribution in [3.8, 4) is 17.4 Å². The lowest BCUT2D eigenvalue weighted by atomic mass is 10.1. The minimum absolute atomic E-state index is 0.0261. The summed E-state index contributed by atoms with van der Waals surface area (Å²) in [4.78, 5) is 17.1. The number of pyridine rings is 1. The van der Waals surface area contributed by atoms with Crippen LogP contribution in [-0.4, -0.2) is 82.2 Å². The van der Waals surface area contributed by atoms with Crippen molar-refractivity contribution in [1.29, 1.82) is 0 Å². The van der Waals surface area contributed by atoms with Crippen molar-refractivity contribution < 1.29 is 13.2 Å².